The summed E-state index contributed by atoms with van der Waals surface area (Å²) in [4.78, 5) is 41.7. The van der Waals surface area contributed by atoms with Crippen LogP contribution in [0.2, 0.25) is 20.1 Å². The van der Waals surface area contributed by atoms with Crippen molar-refractivity contribution < 1.29 is 27.9 Å². The van der Waals surface area contributed by atoms with E-state index in [1.807, 2.05) is 0 Å². The van der Waals surface area contributed by atoms with Crippen molar-refractivity contribution in [3.63, 3.8) is 0 Å². The van der Waals surface area contributed by atoms with Gasteiger partial charge in [0.05, 0.1) is 20.5 Å². The number of benzene rings is 2. The van der Waals surface area contributed by atoms with Crippen molar-refractivity contribution in [3.8, 4) is 0 Å². The number of amides is 2. The number of sulfonamides is 1. The number of rotatable bonds is 9. The van der Waals surface area contributed by atoms with E-state index in [9.17, 15) is 27.9 Å². The molecule has 4 rings (SSSR count). The molecule has 1 fully saturated rings. The Hall–Kier alpha value is -2.93. The van der Waals surface area contributed by atoms with Gasteiger partial charge < -0.3 is 15.7 Å². The van der Waals surface area contributed by atoms with E-state index in [-0.39, 0.29) is 49.4 Å². The largest absolute Gasteiger partial charge is 0.480 e. The molecule has 15 heteroatoms. The summed E-state index contributed by atoms with van der Waals surface area (Å²) in [5.74, 6) is -2.97. The van der Waals surface area contributed by atoms with Crippen molar-refractivity contribution in [3.05, 3.63) is 86.1 Å². The third kappa shape index (κ3) is 7.16. The first-order valence-electron chi connectivity index (χ1n) is 12.5. The average molecular weight is 674 g/mol. The zero-order chi connectivity index (χ0) is 30.8. The van der Waals surface area contributed by atoms with Crippen LogP contribution in [0.1, 0.15) is 29.3 Å². The van der Waals surface area contributed by atoms with Crippen molar-refractivity contribution in [2.75, 3.05) is 11.9 Å². The molecule has 0 aliphatic carbocycles. The van der Waals surface area contributed by atoms with Gasteiger partial charge >= 0.3 is 5.97 Å². The Kier molecular flexibility index (Phi) is 10.0. The Morgan fingerprint density at radius 1 is 1.02 bits per heavy atom. The number of anilines is 1. The molecule has 10 nitrogen and oxygen atoms in total. The molecule has 3 atom stereocenters. The molecule has 0 bridgehead atoms. The third-order valence-corrected chi connectivity index (χ3v) is 9.58. The summed E-state index contributed by atoms with van der Waals surface area (Å²) in [7, 11) is -4.16. The average Bonchev–Trinajstić information content (AvgIpc) is 3.31. The van der Waals surface area contributed by atoms with E-state index >= 15 is 0 Å². The highest BCUT2D eigenvalue weighted by atomic mass is 35.5. The van der Waals surface area contributed by atoms with Gasteiger partial charge in [-0.1, -0.05) is 65.5 Å². The topological polar surface area (TPSA) is 146 Å². The van der Waals surface area contributed by atoms with Gasteiger partial charge in [0.25, 0.3) is 5.91 Å². The number of nitrogens with zero attached hydrogens (tertiary/aromatic N) is 2. The molecule has 222 valence electrons. The summed E-state index contributed by atoms with van der Waals surface area (Å²) in [6, 6.07) is 7.67. The van der Waals surface area contributed by atoms with E-state index in [1.165, 1.54) is 30.6 Å². The molecule has 1 aromatic heterocycles. The van der Waals surface area contributed by atoms with E-state index in [0.29, 0.717) is 17.7 Å². The van der Waals surface area contributed by atoms with Crippen LogP contribution in [0.3, 0.4) is 0 Å². The van der Waals surface area contributed by atoms with Gasteiger partial charge in [-0.15, -0.1) is 0 Å². The van der Waals surface area contributed by atoms with E-state index in [4.69, 9.17) is 46.4 Å². The number of aliphatic carboxylic acids is 1. The Morgan fingerprint density at radius 3 is 2.19 bits per heavy atom. The van der Waals surface area contributed by atoms with Gasteiger partial charge in [-0.05, 0) is 48.2 Å². The minimum absolute atomic E-state index is 0.0572. The van der Waals surface area contributed by atoms with Crippen molar-refractivity contribution >= 4 is 79.9 Å². The first-order valence-corrected chi connectivity index (χ1v) is 15.4. The molecule has 2 amide bonds. The van der Waals surface area contributed by atoms with Gasteiger partial charge in [-0.25, -0.2) is 13.2 Å². The molecule has 3 N–H and O–H groups in total. The standard InChI is InChI=1S/C27H24Cl4N4O6S/c1-14-6-7-35(42(40,41)19-10-16(28)9-17(29)11-19)24(14)26(37)34-22(27(38)39)8-15-2-4-18(5-3-15)33-25(36)23-20(30)12-32-13-21(23)31/h2-5,9-14,22,24H,6-8H2,1H3,(H,33,36)(H,34,37)(H,38,39)/t14-,22-,24?/m0/s1. The molecule has 0 radical (unpaired) electrons. The Morgan fingerprint density at radius 2 is 1.62 bits per heavy atom. The number of halogens is 4. The van der Waals surface area contributed by atoms with Crippen molar-refractivity contribution in [2.45, 2.75) is 36.7 Å². The van der Waals surface area contributed by atoms with Gasteiger partial charge in [0.2, 0.25) is 15.9 Å². The highest BCUT2D eigenvalue weighted by molar-refractivity contribution is 7.89. The molecule has 0 saturated carbocycles. The van der Waals surface area contributed by atoms with E-state index in [1.54, 1.807) is 31.2 Å². The number of pyridine rings is 1. The number of hydrogen-bond acceptors (Lipinski definition) is 6. The van der Waals surface area contributed by atoms with Crippen LogP contribution in [0.25, 0.3) is 0 Å². The van der Waals surface area contributed by atoms with Crippen LogP contribution in [-0.4, -0.2) is 59.2 Å². The fourth-order valence-electron chi connectivity index (χ4n) is 4.62. The number of hydrogen-bond donors (Lipinski definition) is 3. The van der Waals surface area contributed by atoms with Gasteiger partial charge in [0.1, 0.15) is 12.1 Å². The van der Waals surface area contributed by atoms with Gasteiger partial charge in [0, 0.05) is 41.1 Å². The molecule has 1 unspecified atom stereocenters. The van der Waals surface area contributed by atoms with Crippen LogP contribution in [0.4, 0.5) is 5.69 Å². The number of aromatic nitrogens is 1. The van der Waals surface area contributed by atoms with Gasteiger partial charge in [-0.2, -0.15) is 4.31 Å². The maximum absolute atomic E-state index is 13.4. The molecule has 3 aromatic rings. The lowest BCUT2D eigenvalue weighted by Gasteiger charge is -2.27. The molecular formula is C27H24Cl4N4O6S. The fourth-order valence-corrected chi connectivity index (χ4v) is 7.58. The maximum atomic E-state index is 13.4. The summed E-state index contributed by atoms with van der Waals surface area (Å²) >= 11 is 24.1. The molecule has 2 aromatic carbocycles. The summed E-state index contributed by atoms with van der Waals surface area (Å²) in [5.41, 5.74) is 0.991. The third-order valence-electron chi connectivity index (χ3n) is 6.71. The lowest BCUT2D eigenvalue weighted by Crippen LogP contribution is -2.53. The Bertz CT molecular complexity index is 1600. The zero-order valence-corrected chi connectivity index (χ0v) is 25.7. The van der Waals surface area contributed by atoms with E-state index in [2.05, 4.69) is 15.6 Å². The SMILES string of the molecule is C[C@H]1CCN(S(=O)(=O)c2cc(Cl)cc(Cl)c2)C1C(=O)N[C@@H](Cc1ccc(NC(=O)c2c(Cl)cncc2Cl)cc1)C(=O)O. The van der Waals surface area contributed by atoms with Gasteiger partial charge in [0.15, 0.2) is 0 Å². The predicted octanol–water partition coefficient (Wildman–Crippen LogP) is 5.16. The molecule has 1 aliphatic heterocycles. The quantitative estimate of drug-likeness (QED) is 0.284. The van der Waals surface area contributed by atoms with Crippen molar-refractivity contribution in [2.24, 2.45) is 5.92 Å². The van der Waals surface area contributed by atoms with Crippen LogP contribution in [-0.2, 0) is 26.0 Å². The van der Waals surface area contributed by atoms with Crippen molar-refractivity contribution in [1.82, 2.24) is 14.6 Å². The first kappa shape index (κ1) is 32.0. The van der Waals surface area contributed by atoms with Crippen LogP contribution in [0.15, 0.2) is 59.8 Å². The zero-order valence-electron chi connectivity index (χ0n) is 21.9. The number of carbonyl (C=O) groups excluding carboxylic acids is 2. The molecule has 42 heavy (non-hydrogen) atoms. The molecule has 1 saturated heterocycles. The highest BCUT2D eigenvalue weighted by Crippen LogP contribution is 2.33. The summed E-state index contributed by atoms with van der Waals surface area (Å²) in [6.07, 6.45) is 2.88. The lowest BCUT2D eigenvalue weighted by atomic mass is 10.0. The molecular weight excluding hydrogens is 650 g/mol. The second kappa shape index (κ2) is 13.2. The molecule has 1 aliphatic rings. The van der Waals surface area contributed by atoms with Crippen LogP contribution in [0, 0.1) is 5.92 Å². The lowest BCUT2D eigenvalue weighted by molar-refractivity contribution is -0.142. The van der Waals surface area contributed by atoms with E-state index < -0.39 is 39.9 Å². The normalized spacial score (nSPS) is 17.9. The van der Waals surface area contributed by atoms with E-state index in [0.717, 1.165) is 4.31 Å². The fraction of sp³-hybridized carbons (Fsp3) is 0.259. The highest BCUT2D eigenvalue weighted by Gasteiger charge is 2.44. The predicted molar refractivity (Wildman–Crippen MR) is 160 cm³/mol. The summed E-state index contributed by atoms with van der Waals surface area (Å²) in [5, 5.41) is 15.4. The molecule has 2 heterocycles. The summed E-state index contributed by atoms with van der Waals surface area (Å²) in [6.45, 7) is 1.78. The van der Waals surface area contributed by atoms with Crippen LogP contribution >= 0.6 is 46.4 Å². The first-order chi connectivity index (χ1) is 19.8. The number of carboxylic acid groups (broad SMARTS) is 1. The number of carboxylic acids is 1. The second-order valence-electron chi connectivity index (χ2n) is 9.66. The second-order valence-corrected chi connectivity index (χ2v) is 13.2. The van der Waals surface area contributed by atoms with Crippen molar-refractivity contribution in [1.29, 1.82) is 0 Å². The smallest absolute Gasteiger partial charge is 0.326 e. The van der Waals surface area contributed by atoms with Gasteiger partial charge in [-0.3, -0.25) is 14.6 Å². The molecule has 0 spiro atoms. The van der Waals surface area contributed by atoms with Crippen LogP contribution in [0.5, 0.6) is 0 Å². The Balaban J connectivity index is 1.47. The number of carbonyl (C=O) groups is 3. The number of nitrogens with one attached hydrogen (secondary N) is 2. The minimum Gasteiger partial charge on any atom is -0.480 e. The van der Waals surface area contributed by atoms with Crippen LogP contribution < -0.4 is 10.6 Å². The summed E-state index contributed by atoms with van der Waals surface area (Å²) < 4.78 is 27.9. The maximum Gasteiger partial charge on any atom is 0.326 e. The monoisotopic (exact) mass is 672 g/mol. The Labute approximate surface area is 262 Å². The minimum atomic E-state index is -4.16.